The van der Waals surface area contributed by atoms with E-state index in [-0.39, 0.29) is 0 Å². The van der Waals surface area contributed by atoms with Crippen molar-refractivity contribution in [3.05, 3.63) is 16.4 Å². The molecule has 1 aliphatic rings. The number of hydrogen-bond acceptors (Lipinski definition) is 3. The Morgan fingerprint density at radius 1 is 1.47 bits per heavy atom. The van der Waals surface area contributed by atoms with Gasteiger partial charge in [-0.1, -0.05) is 25.4 Å². The number of aryl methyl sites for hydroxylation is 2. The number of hydrogen-bond donors (Lipinski definition) is 1. The van der Waals surface area contributed by atoms with Gasteiger partial charge in [0.15, 0.2) is 0 Å². The van der Waals surface area contributed by atoms with E-state index in [1.165, 1.54) is 12.8 Å². The van der Waals surface area contributed by atoms with Crippen molar-refractivity contribution in [3.8, 4) is 0 Å². The molecule has 0 spiro atoms. The number of aromatic nitrogens is 2. The van der Waals surface area contributed by atoms with Crippen LogP contribution in [0.15, 0.2) is 0 Å². The molecule has 1 aliphatic heterocycles. The first-order chi connectivity index (χ1) is 9.15. The van der Waals surface area contributed by atoms with Crippen molar-refractivity contribution in [1.82, 2.24) is 20.0 Å². The molecule has 2 rings (SSSR count). The summed E-state index contributed by atoms with van der Waals surface area (Å²) in [6.07, 6.45) is 3.48. The van der Waals surface area contributed by atoms with Crippen LogP contribution >= 0.6 is 11.6 Å². The van der Waals surface area contributed by atoms with Crippen molar-refractivity contribution in [3.63, 3.8) is 0 Å². The van der Waals surface area contributed by atoms with Crippen LogP contribution in [0.5, 0.6) is 0 Å². The minimum Gasteiger partial charge on any atom is -0.313 e. The summed E-state index contributed by atoms with van der Waals surface area (Å²) in [7, 11) is 1.99. The molecule has 1 atom stereocenters. The lowest BCUT2D eigenvalue weighted by atomic mass is 10.2. The van der Waals surface area contributed by atoms with Gasteiger partial charge in [-0.15, -0.1) is 0 Å². The second-order valence-corrected chi connectivity index (χ2v) is 5.68. The average Bonchev–Trinajstić information content (AvgIpc) is 3.00. The smallest absolute Gasteiger partial charge is 0.0863 e. The Labute approximate surface area is 121 Å². The van der Waals surface area contributed by atoms with Crippen LogP contribution in [0.4, 0.5) is 0 Å². The fourth-order valence-electron chi connectivity index (χ4n) is 2.73. The number of rotatable bonds is 6. The van der Waals surface area contributed by atoms with Crippen molar-refractivity contribution in [2.24, 2.45) is 7.05 Å². The first kappa shape index (κ1) is 14.8. The fourth-order valence-corrected chi connectivity index (χ4v) is 3.09. The molecule has 0 saturated carbocycles. The molecule has 0 bridgehead atoms. The second-order valence-electron chi connectivity index (χ2n) is 5.31. The van der Waals surface area contributed by atoms with Crippen LogP contribution in [-0.4, -0.2) is 40.4 Å². The molecule has 1 N–H and O–H groups in total. The second kappa shape index (κ2) is 6.73. The molecule has 1 fully saturated rings. The van der Waals surface area contributed by atoms with E-state index in [4.69, 9.17) is 11.6 Å². The van der Waals surface area contributed by atoms with Gasteiger partial charge in [-0.2, -0.15) is 5.10 Å². The average molecular weight is 285 g/mol. The van der Waals surface area contributed by atoms with Crippen LogP contribution in [0.25, 0.3) is 0 Å². The summed E-state index contributed by atoms with van der Waals surface area (Å²) in [6.45, 7) is 8.49. The Morgan fingerprint density at radius 3 is 2.79 bits per heavy atom. The first-order valence-electron chi connectivity index (χ1n) is 7.31. The van der Waals surface area contributed by atoms with Gasteiger partial charge >= 0.3 is 0 Å². The number of nitrogens with one attached hydrogen (secondary N) is 1. The summed E-state index contributed by atoms with van der Waals surface area (Å²) in [4.78, 5) is 2.45. The number of likely N-dealkylation sites (N-methyl/N-ethyl adjacent to an activating group) is 1. The highest BCUT2D eigenvalue weighted by atomic mass is 35.5. The number of nitrogens with zero attached hydrogens (tertiary/aromatic N) is 3. The van der Waals surface area contributed by atoms with Crippen molar-refractivity contribution >= 4 is 11.6 Å². The molecule has 19 heavy (non-hydrogen) atoms. The van der Waals surface area contributed by atoms with Crippen LogP contribution in [0.2, 0.25) is 5.02 Å². The molecule has 1 aromatic rings. The maximum Gasteiger partial charge on any atom is 0.0863 e. The third-order valence-corrected chi connectivity index (χ3v) is 4.40. The standard InChI is InChI=1S/C14H25ClN4/c1-4-12-14(15)13(18(3)17-12)10-19(5-2)9-11-7-6-8-16-11/h11,16H,4-10H2,1-3H3. The quantitative estimate of drug-likeness (QED) is 0.869. The van der Waals surface area contributed by atoms with Gasteiger partial charge in [0.05, 0.1) is 16.4 Å². The summed E-state index contributed by atoms with van der Waals surface area (Å²) in [6, 6.07) is 0.637. The van der Waals surface area contributed by atoms with E-state index in [2.05, 4.69) is 29.2 Å². The Bertz CT molecular complexity index is 410. The van der Waals surface area contributed by atoms with Gasteiger partial charge in [0.2, 0.25) is 0 Å². The molecular formula is C14H25ClN4. The van der Waals surface area contributed by atoms with Gasteiger partial charge < -0.3 is 5.32 Å². The highest BCUT2D eigenvalue weighted by molar-refractivity contribution is 6.31. The van der Waals surface area contributed by atoms with Gasteiger partial charge in [0, 0.05) is 26.2 Å². The molecule has 2 heterocycles. The molecule has 0 radical (unpaired) electrons. The maximum absolute atomic E-state index is 6.42. The zero-order chi connectivity index (χ0) is 13.8. The zero-order valence-corrected chi connectivity index (χ0v) is 13.0. The van der Waals surface area contributed by atoms with Gasteiger partial charge in [-0.05, 0) is 32.4 Å². The van der Waals surface area contributed by atoms with Crippen LogP contribution in [-0.2, 0) is 20.0 Å². The largest absolute Gasteiger partial charge is 0.313 e. The molecule has 0 amide bonds. The lowest BCUT2D eigenvalue weighted by Gasteiger charge is -2.24. The van der Waals surface area contributed by atoms with Crippen molar-refractivity contribution < 1.29 is 0 Å². The van der Waals surface area contributed by atoms with E-state index in [0.29, 0.717) is 6.04 Å². The highest BCUT2D eigenvalue weighted by Crippen LogP contribution is 2.22. The van der Waals surface area contributed by atoms with Crippen molar-refractivity contribution in [2.45, 2.75) is 45.7 Å². The van der Waals surface area contributed by atoms with Crippen LogP contribution < -0.4 is 5.32 Å². The molecule has 0 aromatic carbocycles. The van der Waals surface area contributed by atoms with Gasteiger partial charge in [-0.25, -0.2) is 0 Å². The monoisotopic (exact) mass is 284 g/mol. The van der Waals surface area contributed by atoms with E-state index in [1.807, 2.05) is 11.7 Å². The van der Waals surface area contributed by atoms with Gasteiger partial charge in [0.1, 0.15) is 0 Å². The van der Waals surface area contributed by atoms with Gasteiger partial charge in [0.25, 0.3) is 0 Å². The summed E-state index contributed by atoms with van der Waals surface area (Å²) in [5.41, 5.74) is 2.15. The molecule has 1 unspecified atom stereocenters. The molecule has 4 nitrogen and oxygen atoms in total. The molecule has 1 aromatic heterocycles. The van der Waals surface area contributed by atoms with Crippen LogP contribution in [0.1, 0.15) is 38.1 Å². The maximum atomic E-state index is 6.42. The zero-order valence-electron chi connectivity index (χ0n) is 12.2. The summed E-state index contributed by atoms with van der Waals surface area (Å²) in [5.74, 6) is 0. The van der Waals surface area contributed by atoms with E-state index in [0.717, 1.165) is 49.0 Å². The van der Waals surface area contributed by atoms with Crippen LogP contribution in [0.3, 0.4) is 0 Å². The highest BCUT2D eigenvalue weighted by Gasteiger charge is 2.20. The minimum atomic E-state index is 0.637. The fraction of sp³-hybridized carbons (Fsp3) is 0.786. The lowest BCUT2D eigenvalue weighted by Crippen LogP contribution is -2.37. The predicted octanol–water partition coefficient (Wildman–Crippen LogP) is 2.21. The summed E-state index contributed by atoms with van der Waals surface area (Å²) >= 11 is 6.42. The molecule has 108 valence electrons. The minimum absolute atomic E-state index is 0.637. The van der Waals surface area contributed by atoms with Crippen LogP contribution in [0, 0.1) is 0 Å². The molecule has 0 aliphatic carbocycles. The predicted molar refractivity (Wildman–Crippen MR) is 79.6 cm³/mol. The van der Waals surface area contributed by atoms with Gasteiger partial charge in [-0.3, -0.25) is 9.58 Å². The topological polar surface area (TPSA) is 33.1 Å². The van der Waals surface area contributed by atoms with E-state index in [9.17, 15) is 0 Å². The number of halogens is 1. The Balaban J connectivity index is 2.02. The van der Waals surface area contributed by atoms with Crippen molar-refractivity contribution in [2.75, 3.05) is 19.6 Å². The third-order valence-electron chi connectivity index (χ3n) is 3.96. The molecular weight excluding hydrogens is 260 g/mol. The molecule has 1 saturated heterocycles. The summed E-state index contributed by atoms with van der Waals surface area (Å²) < 4.78 is 1.94. The normalized spacial score (nSPS) is 19.5. The van der Waals surface area contributed by atoms with E-state index in [1.54, 1.807) is 0 Å². The third kappa shape index (κ3) is 3.50. The van der Waals surface area contributed by atoms with E-state index < -0.39 is 0 Å². The SMILES string of the molecule is CCc1nn(C)c(CN(CC)CC2CCCN2)c1Cl. The Kier molecular flexibility index (Phi) is 5.25. The Hall–Kier alpha value is -0.580. The first-order valence-corrected chi connectivity index (χ1v) is 7.69. The van der Waals surface area contributed by atoms with E-state index >= 15 is 0 Å². The van der Waals surface area contributed by atoms with Crippen molar-refractivity contribution in [1.29, 1.82) is 0 Å². The lowest BCUT2D eigenvalue weighted by molar-refractivity contribution is 0.247. The Morgan fingerprint density at radius 2 is 2.26 bits per heavy atom. The summed E-state index contributed by atoms with van der Waals surface area (Å²) in [5, 5.41) is 8.90. The molecule has 5 heteroatoms.